The molecule has 162 valence electrons. The number of hydrogen-bond donors (Lipinski definition) is 1. The van der Waals surface area contributed by atoms with E-state index in [0.29, 0.717) is 36.0 Å². The Morgan fingerprint density at radius 2 is 1.81 bits per heavy atom. The Morgan fingerprint density at radius 3 is 2.48 bits per heavy atom. The van der Waals surface area contributed by atoms with Crippen molar-refractivity contribution in [2.45, 2.75) is 12.7 Å². The van der Waals surface area contributed by atoms with Crippen LogP contribution in [0, 0.1) is 0 Å². The molecule has 0 saturated heterocycles. The SMILES string of the molecule is COc1ccc(CNc2ncccc2N(C=O)c2cccc(C(F)(F)F)c2)cc1OC. The summed E-state index contributed by atoms with van der Waals surface area (Å²) in [4.78, 5) is 17.2. The number of aromatic nitrogens is 1. The lowest BCUT2D eigenvalue weighted by Gasteiger charge is -2.21. The number of pyridine rings is 1. The molecule has 3 rings (SSSR count). The highest BCUT2D eigenvalue weighted by molar-refractivity contribution is 5.90. The van der Waals surface area contributed by atoms with E-state index >= 15 is 0 Å². The molecule has 0 aliphatic rings. The number of hydrogen-bond acceptors (Lipinski definition) is 5. The van der Waals surface area contributed by atoms with Crippen molar-refractivity contribution in [3.63, 3.8) is 0 Å². The molecular weight excluding hydrogens is 411 g/mol. The minimum atomic E-state index is -4.52. The van der Waals surface area contributed by atoms with Gasteiger partial charge in [-0.15, -0.1) is 0 Å². The lowest BCUT2D eigenvalue weighted by Crippen LogP contribution is -2.18. The number of ether oxygens (including phenoxy) is 2. The smallest absolute Gasteiger partial charge is 0.416 e. The Bertz CT molecular complexity index is 1060. The van der Waals surface area contributed by atoms with Crippen LogP contribution in [0.4, 0.5) is 30.4 Å². The summed E-state index contributed by atoms with van der Waals surface area (Å²) in [6.07, 6.45) is -2.54. The molecule has 1 N–H and O–H groups in total. The van der Waals surface area contributed by atoms with Gasteiger partial charge in [-0.05, 0) is 48.0 Å². The standard InChI is InChI=1S/C22H20F3N3O3/c1-30-19-9-8-15(11-20(19)31-2)13-27-21-18(7-4-10-26-21)28(14-29)17-6-3-5-16(12-17)22(23,24)25/h3-12,14H,13H2,1-2H3,(H,26,27). The number of anilines is 3. The molecule has 0 unspecified atom stereocenters. The van der Waals surface area contributed by atoms with Gasteiger partial charge in [-0.3, -0.25) is 9.69 Å². The molecule has 31 heavy (non-hydrogen) atoms. The Hall–Kier alpha value is -3.75. The van der Waals surface area contributed by atoms with E-state index in [-0.39, 0.29) is 5.69 Å². The van der Waals surface area contributed by atoms with Gasteiger partial charge in [0.25, 0.3) is 0 Å². The van der Waals surface area contributed by atoms with Crippen LogP contribution in [0.2, 0.25) is 0 Å². The van der Waals surface area contributed by atoms with Crippen molar-refractivity contribution in [3.8, 4) is 11.5 Å². The van der Waals surface area contributed by atoms with Gasteiger partial charge in [0.05, 0.1) is 25.5 Å². The Morgan fingerprint density at radius 1 is 1.03 bits per heavy atom. The monoisotopic (exact) mass is 431 g/mol. The predicted octanol–water partition coefficient (Wildman–Crippen LogP) is 5.02. The van der Waals surface area contributed by atoms with Crippen LogP contribution in [0.1, 0.15) is 11.1 Å². The van der Waals surface area contributed by atoms with Gasteiger partial charge in [0.15, 0.2) is 17.3 Å². The maximum absolute atomic E-state index is 13.1. The Labute approximate surface area is 177 Å². The molecule has 1 heterocycles. The number of nitrogens with one attached hydrogen (secondary N) is 1. The highest BCUT2D eigenvalue weighted by Crippen LogP contribution is 2.35. The molecule has 0 saturated carbocycles. The minimum absolute atomic E-state index is 0.0759. The van der Waals surface area contributed by atoms with Crippen molar-refractivity contribution < 1.29 is 27.4 Å². The number of halogens is 3. The molecule has 3 aromatic rings. The van der Waals surface area contributed by atoms with Crippen molar-refractivity contribution in [2.75, 3.05) is 24.4 Å². The summed E-state index contributed by atoms with van der Waals surface area (Å²) < 4.78 is 49.8. The summed E-state index contributed by atoms with van der Waals surface area (Å²) in [5.41, 5.74) is 0.399. The fraction of sp³-hybridized carbons (Fsp3) is 0.182. The van der Waals surface area contributed by atoms with Gasteiger partial charge in [0.1, 0.15) is 0 Å². The highest BCUT2D eigenvalue weighted by Gasteiger charge is 2.31. The van der Waals surface area contributed by atoms with Crippen LogP contribution in [0.15, 0.2) is 60.8 Å². The van der Waals surface area contributed by atoms with E-state index in [9.17, 15) is 18.0 Å². The number of carbonyl (C=O) groups is 1. The average molecular weight is 431 g/mol. The quantitative estimate of drug-likeness (QED) is 0.507. The van der Waals surface area contributed by atoms with Gasteiger partial charge in [-0.1, -0.05) is 12.1 Å². The van der Waals surface area contributed by atoms with E-state index in [1.54, 1.807) is 24.3 Å². The van der Waals surface area contributed by atoms with Gasteiger partial charge in [-0.25, -0.2) is 4.98 Å². The van der Waals surface area contributed by atoms with Crippen LogP contribution >= 0.6 is 0 Å². The first-order valence-corrected chi connectivity index (χ1v) is 9.19. The van der Waals surface area contributed by atoms with E-state index in [4.69, 9.17) is 9.47 Å². The second-order valence-electron chi connectivity index (χ2n) is 6.44. The number of alkyl halides is 3. The molecule has 0 bridgehead atoms. The van der Waals surface area contributed by atoms with Crippen LogP contribution < -0.4 is 19.7 Å². The third-order valence-electron chi connectivity index (χ3n) is 4.51. The maximum Gasteiger partial charge on any atom is 0.416 e. The fourth-order valence-electron chi connectivity index (χ4n) is 2.99. The zero-order chi connectivity index (χ0) is 22.4. The second kappa shape index (κ2) is 9.38. The molecule has 9 heteroatoms. The first kappa shape index (κ1) is 21.9. The van der Waals surface area contributed by atoms with Gasteiger partial charge in [-0.2, -0.15) is 13.2 Å². The van der Waals surface area contributed by atoms with Crippen molar-refractivity contribution >= 4 is 23.6 Å². The third kappa shape index (κ3) is 5.06. The van der Waals surface area contributed by atoms with Crippen molar-refractivity contribution in [1.29, 1.82) is 0 Å². The molecule has 0 atom stereocenters. The first-order valence-electron chi connectivity index (χ1n) is 9.19. The maximum atomic E-state index is 13.1. The average Bonchev–Trinajstić information content (AvgIpc) is 2.78. The van der Waals surface area contributed by atoms with Gasteiger partial charge in [0, 0.05) is 18.4 Å². The fourth-order valence-corrected chi connectivity index (χ4v) is 2.99. The predicted molar refractivity (Wildman–Crippen MR) is 111 cm³/mol. The van der Waals surface area contributed by atoms with E-state index in [0.717, 1.165) is 22.6 Å². The number of rotatable bonds is 8. The van der Waals surface area contributed by atoms with E-state index in [1.165, 1.54) is 32.5 Å². The molecule has 0 radical (unpaired) electrons. The molecule has 1 amide bonds. The normalized spacial score (nSPS) is 11.0. The molecule has 6 nitrogen and oxygen atoms in total. The van der Waals surface area contributed by atoms with E-state index in [1.807, 2.05) is 6.07 Å². The third-order valence-corrected chi connectivity index (χ3v) is 4.51. The van der Waals surface area contributed by atoms with E-state index < -0.39 is 11.7 Å². The first-order chi connectivity index (χ1) is 14.9. The molecule has 0 fully saturated rings. The molecule has 0 aliphatic carbocycles. The topological polar surface area (TPSA) is 63.7 Å². The molecule has 1 aromatic heterocycles. The van der Waals surface area contributed by atoms with Gasteiger partial charge >= 0.3 is 6.18 Å². The van der Waals surface area contributed by atoms with Crippen molar-refractivity contribution in [1.82, 2.24) is 4.98 Å². The second-order valence-corrected chi connectivity index (χ2v) is 6.44. The largest absolute Gasteiger partial charge is 0.493 e. The molecule has 2 aromatic carbocycles. The highest BCUT2D eigenvalue weighted by atomic mass is 19.4. The lowest BCUT2D eigenvalue weighted by atomic mass is 10.1. The Balaban J connectivity index is 1.88. The number of carbonyl (C=O) groups excluding carboxylic acids is 1. The van der Waals surface area contributed by atoms with Crippen LogP contribution in [-0.2, 0) is 17.5 Å². The summed E-state index contributed by atoms with van der Waals surface area (Å²) >= 11 is 0. The Kier molecular flexibility index (Phi) is 6.64. The number of benzene rings is 2. The van der Waals surface area contributed by atoms with Crippen LogP contribution in [0.25, 0.3) is 0 Å². The molecule has 0 aliphatic heterocycles. The number of amides is 1. The zero-order valence-electron chi connectivity index (χ0n) is 16.8. The number of nitrogens with zero attached hydrogens (tertiary/aromatic N) is 2. The van der Waals surface area contributed by atoms with Crippen molar-refractivity contribution in [3.05, 3.63) is 71.9 Å². The van der Waals surface area contributed by atoms with Crippen LogP contribution in [-0.4, -0.2) is 25.6 Å². The van der Waals surface area contributed by atoms with Crippen LogP contribution in [0.3, 0.4) is 0 Å². The summed E-state index contributed by atoms with van der Waals surface area (Å²) in [5, 5.41) is 3.12. The molecule has 0 spiro atoms. The molecular formula is C22H20F3N3O3. The van der Waals surface area contributed by atoms with Gasteiger partial charge < -0.3 is 14.8 Å². The van der Waals surface area contributed by atoms with E-state index in [2.05, 4.69) is 10.3 Å². The van der Waals surface area contributed by atoms with Crippen LogP contribution in [0.5, 0.6) is 11.5 Å². The van der Waals surface area contributed by atoms with Crippen molar-refractivity contribution in [2.24, 2.45) is 0 Å². The summed E-state index contributed by atoms with van der Waals surface area (Å²) in [6, 6.07) is 13.1. The number of methoxy groups -OCH3 is 2. The summed E-state index contributed by atoms with van der Waals surface area (Å²) in [6.45, 7) is 0.333. The summed E-state index contributed by atoms with van der Waals surface area (Å²) in [7, 11) is 3.07. The van der Waals surface area contributed by atoms with Gasteiger partial charge in [0.2, 0.25) is 6.41 Å². The summed E-state index contributed by atoms with van der Waals surface area (Å²) in [5.74, 6) is 1.48. The zero-order valence-corrected chi connectivity index (χ0v) is 16.8. The minimum Gasteiger partial charge on any atom is -0.493 e. The lowest BCUT2D eigenvalue weighted by molar-refractivity contribution is -0.137.